The zero-order valence-corrected chi connectivity index (χ0v) is 14.3. The lowest BCUT2D eigenvalue weighted by molar-refractivity contribution is -0.0463. The highest BCUT2D eigenvalue weighted by Crippen LogP contribution is 2.30. The molecule has 3 heterocycles. The van der Waals surface area contributed by atoms with E-state index in [4.69, 9.17) is 9.15 Å². The average molecular weight is 341 g/mol. The fourth-order valence-corrected chi connectivity index (χ4v) is 3.59. The van der Waals surface area contributed by atoms with Gasteiger partial charge in [0.1, 0.15) is 0 Å². The standard InChI is InChI=1S/C18H19N3O2S/c1-13(17-19-20-18(23-17)16-8-5-11-24-16)21-9-10-22-15(12-21)14-6-3-2-4-7-14/h2-8,11,13,15H,9-10,12H2,1H3/t13-,15-/m0/s1. The summed E-state index contributed by atoms with van der Waals surface area (Å²) in [6.07, 6.45) is 0.0853. The normalized spacial score (nSPS) is 20.1. The van der Waals surface area contributed by atoms with E-state index >= 15 is 0 Å². The maximum absolute atomic E-state index is 5.94. The molecular weight excluding hydrogens is 322 g/mol. The number of ether oxygens (including phenoxy) is 1. The molecule has 0 aliphatic carbocycles. The van der Waals surface area contributed by atoms with E-state index in [1.807, 2.05) is 35.7 Å². The topological polar surface area (TPSA) is 51.4 Å². The van der Waals surface area contributed by atoms with Crippen LogP contribution in [-0.4, -0.2) is 34.8 Å². The number of hydrogen-bond donors (Lipinski definition) is 0. The quantitative estimate of drug-likeness (QED) is 0.719. The van der Waals surface area contributed by atoms with Gasteiger partial charge in [0.05, 0.1) is 23.6 Å². The van der Waals surface area contributed by atoms with Crippen LogP contribution in [0.4, 0.5) is 0 Å². The molecule has 5 nitrogen and oxygen atoms in total. The third kappa shape index (κ3) is 3.13. The van der Waals surface area contributed by atoms with Crippen molar-refractivity contribution in [1.82, 2.24) is 15.1 Å². The van der Waals surface area contributed by atoms with Crippen molar-refractivity contribution in [2.24, 2.45) is 0 Å². The second-order valence-electron chi connectivity index (χ2n) is 5.86. The van der Waals surface area contributed by atoms with Gasteiger partial charge in [0.2, 0.25) is 5.89 Å². The van der Waals surface area contributed by atoms with Crippen LogP contribution in [0.2, 0.25) is 0 Å². The maximum Gasteiger partial charge on any atom is 0.257 e. The van der Waals surface area contributed by atoms with E-state index in [2.05, 4.69) is 34.2 Å². The molecule has 24 heavy (non-hydrogen) atoms. The lowest BCUT2D eigenvalue weighted by Crippen LogP contribution is -2.40. The summed E-state index contributed by atoms with van der Waals surface area (Å²) in [5.41, 5.74) is 1.21. The van der Waals surface area contributed by atoms with E-state index in [1.165, 1.54) is 5.56 Å². The van der Waals surface area contributed by atoms with Crippen molar-refractivity contribution < 1.29 is 9.15 Å². The number of hydrogen-bond acceptors (Lipinski definition) is 6. The SMILES string of the molecule is C[C@@H](c1nnc(-c2cccs2)o1)N1CCO[C@H](c2ccccc2)C1. The van der Waals surface area contributed by atoms with Gasteiger partial charge in [0.25, 0.3) is 5.89 Å². The van der Waals surface area contributed by atoms with E-state index in [9.17, 15) is 0 Å². The van der Waals surface area contributed by atoms with Crippen LogP contribution in [0.5, 0.6) is 0 Å². The molecule has 1 aliphatic heterocycles. The summed E-state index contributed by atoms with van der Waals surface area (Å²) in [4.78, 5) is 3.34. The molecule has 1 aromatic carbocycles. The summed E-state index contributed by atoms with van der Waals surface area (Å²) in [7, 11) is 0. The molecule has 1 saturated heterocycles. The molecule has 0 amide bonds. The largest absolute Gasteiger partial charge is 0.418 e. The van der Waals surface area contributed by atoms with Gasteiger partial charge in [0.15, 0.2) is 0 Å². The van der Waals surface area contributed by atoms with Crippen LogP contribution in [0.1, 0.15) is 30.5 Å². The molecule has 1 aliphatic rings. The van der Waals surface area contributed by atoms with Gasteiger partial charge >= 0.3 is 0 Å². The molecule has 0 radical (unpaired) electrons. The number of benzene rings is 1. The van der Waals surface area contributed by atoms with Gasteiger partial charge in [-0.15, -0.1) is 21.5 Å². The van der Waals surface area contributed by atoms with Crippen LogP contribution < -0.4 is 0 Å². The van der Waals surface area contributed by atoms with Crippen molar-refractivity contribution in [2.75, 3.05) is 19.7 Å². The summed E-state index contributed by atoms with van der Waals surface area (Å²) in [5.74, 6) is 1.26. The molecule has 0 spiro atoms. The summed E-state index contributed by atoms with van der Waals surface area (Å²) in [5, 5.41) is 10.4. The summed E-state index contributed by atoms with van der Waals surface area (Å²) in [6.45, 7) is 4.50. The van der Waals surface area contributed by atoms with Gasteiger partial charge < -0.3 is 9.15 Å². The van der Waals surface area contributed by atoms with E-state index in [1.54, 1.807) is 11.3 Å². The van der Waals surface area contributed by atoms with Crippen molar-refractivity contribution in [2.45, 2.75) is 19.1 Å². The smallest absolute Gasteiger partial charge is 0.257 e. The lowest BCUT2D eigenvalue weighted by atomic mass is 10.1. The number of thiophene rings is 1. The van der Waals surface area contributed by atoms with Crippen LogP contribution in [0, 0.1) is 0 Å². The first-order valence-corrected chi connectivity index (χ1v) is 8.97. The first-order valence-electron chi connectivity index (χ1n) is 8.09. The Labute approximate surface area is 144 Å². The highest BCUT2D eigenvalue weighted by atomic mass is 32.1. The second-order valence-corrected chi connectivity index (χ2v) is 6.81. The van der Waals surface area contributed by atoms with Gasteiger partial charge in [-0.1, -0.05) is 36.4 Å². The Balaban J connectivity index is 1.49. The van der Waals surface area contributed by atoms with E-state index in [-0.39, 0.29) is 12.1 Å². The maximum atomic E-state index is 5.94. The molecule has 0 bridgehead atoms. The van der Waals surface area contributed by atoms with E-state index in [0.717, 1.165) is 18.0 Å². The lowest BCUT2D eigenvalue weighted by Gasteiger charge is -2.35. The zero-order valence-electron chi connectivity index (χ0n) is 13.5. The van der Waals surface area contributed by atoms with Gasteiger partial charge in [-0.25, -0.2) is 0 Å². The molecule has 4 rings (SSSR count). The first kappa shape index (κ1) is 15.5. The number of aromatic nitrogens is 2. The molecule has 3 aromatic rings. The second kappa shape index (κ2) is 6.84. The van der Waals surface area contributed by atoms with Crippen LogP contribution in [0.15, 0.2) is 52.3 Å². The Hall–Kier alpha value is -2.02. The molecule has 124 valence electrons. The predicted molar refractivity (Wildman–Crippen MR) is 92.7 cm³/mol. The van der Waals surface area contributed by atoms with Crippen molar-refractivity contribution >= 4 is 11.3 Å². The van der Waals surface area contributed by atoms with Crippen molar-refractivity contribution in [3.8, 4) is 10.8 Å². The van der Waals surface area contributed by atoms with Crippen molar-refractivity contribution in [1.29, 1.82) is 0 Å². The third-order valence-corrected chi connectivity index (χ3v) is 5.20. The Bertz CT molecular complexity index is 773. The Kier molecular flexibility index (Phi) is 4.42. The molecule has 0 saturated carbocycles. The van der Waals surface area contributed by atoms with Crippen molar-refractivity contribution in [3.63, 3.8) is 0 Å². The highest BCUT2D eigenvalue weighted by molar-refractivity contribution is 7.13. The summed E-state index contributed by atoms with van der Waals surface area (Å²) < 4.78 is 11.8. The molecule has 0 unspecified atom stereocenters. The summed E-state index contributed by atoms with van der Waals surface area (Å²) in [6, 6.07) is 14.4. The van der Waals surface area contributed by atoms with Crippen molar-refractivity contribution in [3.05, 3.63) is 59.3 Å². The van der Waals surface area contributed by atoms with Gasteiger partial charge in [-0.2, -0.15) is 0 Å². The van der Waals surface area contributed by atoms with Crippen LogP contribution in [-0.2, 0) is 4.74 Å². The average Bonchev–Trinajstić information content (AvgIpc) is 3.33. The van der Waals surface area contributed by atoms with E-state index in [0.29, 0.717) is 18.4 Å². The van der Waals surface area contributed by atoms with Gasteiger partial charge in [-0.05, 0) is 23.9 Å². The van der Waals surface area contributed by atoms with Gasteiger partial charge in [-0.3, -0.25) is 4.90 Å². The molecule has 2 atom stereocenters. The minimum absolute atomic E-state index is 0.0707. The Morgan fingerprint density at radius 3 is 2.83 bits per heavy atom. The number of morpholine rings is 1. The fraction of sp³-hybridized carbons (Fsp3) is 0.333. The Morgan fingerprint density at radius 2 is 2.04 bits per heavy atom. The molecule has 0 N–H and O–H groups in total. The first-order chi connectivity index (χ1) is 11.8. The minimum Gasteiger partial charge on any atom is -0.418 e. The molecule has 6 heteroatoms. The summed E-state index contributed by atoms with van der Waals surface area (Å²) >= 11 is 1.60. The van der Waals surface area contributed by atoms with E-state index < -0.39 is 0 Å². The monoisotopic (exact) mass is 341 g/mol. The molecule has 2 aromatic heterocycles. The number of nitrogens with zero attached hydrogens (tertiary/aromatic N) is 3. The minimum atomic E-state index is 0.0707. The molecule has 1 fully saturated rings. The third-order valence-electron chi connectivity index (χ3n) is 4.35. The van der Waals surface area contributed by atoms with Crippen LogP contribution >= 0.6 is 11.3 Å². The molecular formula is C18H19N3O2S. The predicted octanol–water partition coefficient (Wildman–Crippen LogP) is 3.93. The fourth-order valence-electron chi connectivity index (χ4n) is 2.95. The van der Waals surface area contributed by atoms with Gasteiger partial charge in [0, 0.05) is 13.1 Å². The zero-order chi connectivity index (χ0) is 16.4. The Morgan fingerprint density at radius 1 is 1.17 bits per heavy atom. The van der Waals surface area contributed by atoms with Crippen LogP contribution in [0.25, 0.3) is 10.8 Å². The number of rotatable bonds is 4. The highest BCUT2D eigenvalue weighted by Gasteiger charge is 2.28. The van der Waals surface area contributed by atoms with Crippen LogP contribution in [0.3, 0.4) is 0 Å².